The van der Waals surface area contributed by atoms with E-state index in [1.165, 1.54) is 0 Å². The van der Waals surface area contributed by atoms with Crippen molar-refractivity contribution in [2.24, 2.45) is 0 Å². The number of nitrogens with one attached hydrogen (secondary N) is 2. The van der Waals surface area contributed by atoms with Crippen LogP contribution in [-0.4, -0.2) is 19.0 Å². The molecule has 4 nitrogen and oxygen atoms in total. The molecule has 1 heterocycles. The van der Waals surface area contributed by atoms with Crippen molar-refractivity contribution in [3.8, 4) is 0 Å². The Bertz CT molecular complexity index is 551. The highest BCUT2D eigenvalue weighted by Gasteiger charge is 2.11. The molecule has 0 saturated heterocycles. The maximum absolute atomic E-state index is 11.3. The number of carbonyl (C=O) groups is 1. The number of halogens is 1. The van der Waals surface area contributed by atoms with Crippen molar-refractivity contribution in [1.82, 2.24) is 10.6 Å². The number of para-hydroxylation sites is 1. The number of rotatable bonds is 5. The van der Waals surface area contributed by atoms with Crippen molar-refractivity contribution in [3.05, 3.63) is 35.0 Å². The van der Waals surface area contributed by atoms with Crippen LogP contribution in [0.15, 0.2) is 28.7 Å². The van der Waals surface area contributed by atoms with Crippen LogP contribution < -0.4 is 10.6 Å². The monoisotopic (exact) mass is 266 g/mol. The fourth-order valence-corrected chi connectivity index (χ4v) is 2.05. The summed E-state index contributed by atoms with van der Waals surface area (Å²) in [7, 11) is 0. The molecule has 1 aromatic heterocycles. The number of benzene rings is 1. The summed E-state index contributed by atoms with van der Waals surface area (Å²) in [5.74, 6) is -0.0265. The predicted octanol–water partition coefficient (Wildman–Crippen LogP) is 2.31. The number of carbonyl (C=O) groups excluding carboxylic acids is 1. The molecule has 0 fully saturated rings. The maximum atomic E-state index is 11.3. The van der Waals surface area contributed by atoms with E-state index in [1.807, 2.05) is 31.2 Å². The Labute approximate surface area is 110 Å². The highest BCUT2D eigenvalue weighted by atomic mass is 35.5. The van der Waals surface area contributed by atoms with E-state index >= 15 is 0 Å². The van der Waals surface area contributed by atoms with E-state index in [-0.39, 0.29) is 12.5 Å². The fraction of sp³-hybridized carbons (Fsp3) is 0.308. The van der Waals surface area contributed by atoms with Gasteiger partial charge in [0.25, 0.3) is 0 Å². The quantitative estimate of drug-likeness (QED) is 0.873. The molecule has 0 radical (unpaired) electrons. The normalized spacial score (nSPS) is 10.8. The van der Waals surface area contributed by atoms with Gasteiger partial charge < -0.3 is 15.1 Å². The first-order valence-electron chi connectivity index (χ1n) is 5.85. The summed E-state index contributed by atoms with van der Waals surface area (Å²) >= 11 is 6.04. The summed E-state index contributed by atoms with van der Waals surface area (Å²) in [5.41, 5.74) is 1.65. The van der Waals surface area contributed by atoms with E-state index in [0.29, 0.717) is 18.3 Å². The molecule has 1 aromatic carbocycles. The Kier molecular flexibility index (Phi) is 4.23. The lowest BCUT2D eigenvalue weighted by molar-refractivity contribution is -0.120. The van der Waals surface area contributed by atoms with Crippen LogP contribution in [0.25, 0.3) is 11.0 Å². The van der Waals surface area contributed by atoms with Crippen molar-refractivity contribution in [2.75, 3.05) is 13.1 Å². The van der Waals surface area contributed by atoms with E-state index in [9.17, 15) is 4.79 Å². The molecule has 5 heteroatoms. The van der Waals surface area contributed by atoms with Crippen LogP contribution in [0.1, 0.15) is 12.5 Å². The third-order valence-electron chi connectivity index (χ3n) is 2.61. The van der Waals surface area contributed by atoms with Gasteiger partial charge >= 0.3 is 0 Å². The molecule has 0 atom stereocenters. The largest absolute Gasteiger partial charge is 0.444 e. The smallest absolute Gasteiger partial charge is 0.233 e. The van der Waals surface area contributed by atoms with Gasteiger partial charge in [0.15, 0.2) is 5.22 Å². The van der Waals surface area contributed by atoms with Gasteiger partial charge in [-0.05, 0) is 24.6 Å². The maximum Gasteiger partial charge on any atom is 0.233 e. The van der Waals surface area contributed by atoms with Crippen molar-refractivity contribution in [1.29, 1.82) is 0 Å². The molecule has 0 spiro atoms. The number of hydrogen-bond acceptors (Lipinski definition) is 3. The molecule has 0 unspecified atom stereocenters. The number of hydrogen-bond donors (Lipinski definition) is 2. The van der Waals surface area contributed by atoms with E-state index in [2.05, 4.69) is 10.6 Å². The molecule has 2 N–H and O–H groups in total. The minimum absolute atomic E-state index is 0.0265. The molecule has 0 aliphatic rings. The first-order chi connectivity index (χ1) is 8.72. The molecule has 96 valence electrons. The van der Waals surface area contributed by atoms with Gasteiger partial charge in [0.2, 0.25) is 5.91 Å². The van der Waals surface area contributed by atoms with Crippen LogP contribution in [0.3, 0.4) is 0 Å². The van der Waals surface area contributed by atoms with Crippen LogP contribution in [0.4, 0.5) is 0 Å². The summed E-state index contributed by atoms with van der Waals surface area (Å²) in [5, 5.41) is 7.12. The van der Waals surface area contributed by atoms with E-state index < -0.39 is 0 Å². The second-order valence-corrected chi connectivity index (χ2v) is 4.25. The Balaban J connectivity index is 2.03. The lowest BCUT2D eigenvalue weighted by atomic mass is 10.2. The summed E-state index contributed by atoms with van der Waals surface area (Å²) in [6, 6.07) is 7.65. The van der Waals surface area contributed by atoms with Gasteiger partial charge in [-0.2, -0.15) is 0 Å². The predicted molar refractivity (Wildman–Crippen MR) is 71.6 cm³/mol. The van der Waals surface area contributed by atoms with Gasteiger partial charge in [0.05, 0.1) is 6.54 Å². The van der Waals surface area contributed by atoms with Gasteiger partial charge in [-0.3, -0.25) is 4.79 Å². The van der Waals surface area contributed by atoms with Crippen molar-refractivity contribution < 1.29 is 9.21 Å². The minimum atomic E-state index is -0.0265. The molecule has 2 rings (SSSR count). The van der Waals surface area contributed by atoms with Crippen LogP contribution >= 0.6 is 11.6 Å². The molecule has 2 aromatic rings. The molecule has 0 saturated carbocycles. The second-order valence-electron chi connectivity index (χ2n) is 3.91. The third-order valence-corrected chi connectivity index (χ3v) is 2.92. The zero-order chi connectivity index (χ0) is 13.0. The summed E-state index contributed by atoms with van der Waals surface area (Å²) in [6.07, 6.45) is 0. The molecule has 0 bridgehead atoms. The van der Waals surface area contributed by atoms with E-state index in [0.717, 1.165) is 16.5 Å². The van der Waals surface area contributed by atoms with Gasteiger partial charge in [0.1, 0.15) is 5.58 Å². The van der Waals surface area contributed by atoms with Gasteiger partial charge in [-0.15, -0.1) is 0 Å². The zero-order valence-electron chi connectivity index (χ0n) is 10.1. The average Bonchev–Trinajstić information content (AvgIpc) is 2.66. The lowest BCUT2D eigenvalue weighted by Gasteiger charge is -2.04. The van der Waals surface area contributed by atoms with E-state index in [1.54, 1.807) is 0 Å². The zero-order valence-corrected chi connectivity index (χ0v) is 10.9. The Morgan fingerprint density at radius 2 is 2.17 bits per heavy atom. The SMILES string of the molecule is CCNC(=O)CNCc1c(Cl)oc2ccccc12. The number of likely N-dealkylation sites (N-methyl/N-ethyl adjacent to an activating group) is 1. The summed E-state index contributed by atoms with van der Waals surface area (Å²) < 4.78 is 5.43. The Morgan fingerprint density at radius 3 is 2.94 bits per heavy atom. The number of fused-ring (bicyclic) bond motifs is 1. The first-order valence-corrected chi connectivity index (χ1v) is 6.23. The fourth-order valence-electron chi connectivity index (χ4n) is 1.79. The molecule has 1 amide bonds. The molecule has 0 aliphatic carbocycles. The number of amides is 1. The third kappa shape index (κ3) is 2.83. The number of furan rings is 1. The topological polar surface area (TPSA) is 54.3 Å². The van der Waals surface area contributed by atoms with Crippen LogP contribution in [0, 0.1) is 0 Å². The highest BCUT2D eigenvalue weighted by molar-refractivity contribution is 6.30. The molecule has 18 heavy (non-hydrogen) atoms. The Hall–Kier alpha value is -1.52. The summed E-state index contributed by atoms with van der Waals surface area (Å²) in [4.78, 5) is 11.3. The minimum Gasteiger partial charge on any atom is -0.444 e. The van der Waals surface area contributed by atoms with Crippen molar-refractivity contribution >= 4 is 28.5 Å². The first kappa shape index (κ1) is 12.9. The van der Waals surface area contributed by atoms with E-state index in [4.69, 9.17) is 16.0 Å². The molecule has 0 aliphatic heterocycles. The van der Waals surface area contributed by atoms with Crippen LogP contribution in [0.2, 0.25) is 5.22 Å². The van der Waals surface area contributed by atoms with Crippen LogP contribution in [-0.2, 0) is 11.3 Å². The Morgan fingerprint density at radius 1 is 1.39 bits per heavy atom. The molecular weight excluding hydrogens is 252 g/mol. The van der Waals surface area contributed by atoms with Crippen molar-refractivity contribution in [2.45, 2.75) is 13.5 Å². The second kappa shape index (κ2) is 5.89. The molecular formula is C13H15ClN2O2. The average molecular weight is 267 g/mol. The van der Waals surface area contributed by atoms with Gasteiger partial charge in [-0.1, -0.05) is 18.2 Å². The lowest BCUT2D eigenvalue weighted by Crippen LogP contribution is -2.33. The van der Waals surface area contributed by atoms with Gasteiger partial charge in [-0.25, -0.2) is 0 Å². The van der Waals surface area contributed by atoms with Crippen molar-refractivity contribution in [3.63, 3.8) is 0 Å². The van der Waals surface area contributed by atoms with Gasteiger partial charge in [0, 0.05) is 24.0 Å². The highest BCUT2D eigenvalue weighted by Crippen LogP contribution is 2.29. The standard InChI is InChI=1S/C13H15ClN2O2/c1-2-16-12(17)8-15-7-10-9-5-3-4-6-11(9)18-13(10)14/h3-6,15H,2,7-8H2,1H3,(H,16,17). The van der Waals surface area contributed by atoms with Crippen LogP contribution in [0.5, 0.6) is 0 Å². The summed E-state index contributed by atoms with van der Waals surface area (Å²) in [6.45, 7) is 3.30.